The first kappa shape index (κ1) is 30.2. The number of ketones is 1. The van der Waals surface area contributed by atoms with Crippen LogP contribution in [0.4, 0.5) is 5.13 Å². The molecule has 1 fully saturated rings. The van der Waals surface area contributed by atoms with Crippen molar-refractivity contribution in [2.24, 2.45) is 0 Å². The van der Waals surface area contributed by atoms with E-state index in [9.17, 15) is 19.2 Å². The third-order valence-corrected chi connectivity index (χ3v) is 8.07. The summed E-state index contributed by atoms with van der Waals surface area (Å²) < 4.78 is 10.6. The molecule has 11 nitrogen and oxygen atoms in total. The van der Waals surface area contributed by atoms with Crippen molar-refractivity contribution in [3.63, 3.8) is 0 Å². The fourth-order valence-corrected chi connectivity index (χ4v) is 5.39. The van der Waals surface area contributed by atoms with E-state index in [1.54, 1.807) is 33.1 Å². The molecule has 0 spiro atoms. The van der Waals surface area contributed by atoms with E-state index in [1.807, 2.05) is 12.1 Å². The number of hydrogen-bond donors (Lipinski definition) is 4. The number of nitrogens with two attached hydrogens (primary N) is 1. The fraction of sp³-hybridized carbons (Fsp3) is 0.483. The van der Waals surface area contributed by atoms with E-state index >= 15 is 0 Å². The maximum atomic E-state index is 13.7. The number of rotatable bonds is 14. The summed E-state index contributed by atoms with van der Waals surface area (Å²) in [6.07, 6.45) is 7.09. The van der Waals surface area contributed by atoms with Crippen molar-refractivity contribution in [1.29, 1.82) is 0 Å². The molecule has 1 aromatic carbocycles. The molecule has 2 heterocycles. The number of nitrogen functional groups attached to an aromatic ring is 1. The van der Waals surface area contributed by atoms with Crippen molar-refractivity contribution in [2.45, 2.75) is 76.1 Å². The molecule has 0 radical (unpaired) electrons. The van der Waals surface area contributed by atoms with Gasteiger partial charge >= 0.3 is 0 Å². The van der Waals surface area contributed by atoms with Gasteiger partial charge in [-0.2, -0.15) is 0 Å². The third kappa shape index (κ3) is 8.37. The molecule has 2 aromatic rings. The zero-order valence-corrected chi connectivity index (χ0v) is 24.3. The highest BCUT2D eigenvalue weighted by molar-refractivity contribution is 7.15. The van der Waals surface area contributed by atoms with Crippen LogP contribution in [0.25, 0.3) is 0 Å². The summed E-state index contributed by atoms with van der Waals surface area (Å²) in [5.41, 5.74) is 6.63. The Morgan fingerprint density at radius 1 is 1.10 bits per heavy atom. The summed E-state index contributed by atoms with van der Waals surface area (Å²) >= 11 is 1.20. The van der Waals surface area contributed by atoms with Gasteiger partial charge in [0.25, 0.3) is 0 Å². The van der Waals surface area contributed by atoms with Crippen molar-refractivity contribution in [1.82, 2.24) is 20.9 Å². The Hall–Kier alpha value is -3.77. The number of ether oxygens (including phenoxy) is 2. The lowest BCUT2D eigenvalue weighted by atomic mass is 9.94. The SMILES string of the molecule is COc1ccc(CC(NC(=O)C(C)NC(=O)Cc2cnc(N)s2)C(=O)NC(CC2=CCCC2)C(=O)C2(C)CO2)cc1. The van der Waals surface area contributed by atoms with E-state index in [-0.39, 0.29) is 24.5 Å². The predicted molar refractivity (Wildman–Crippen MR) is 154 cm³/mol. The Bertz CT molecular complexity index is 1300. The smallest absolute Gasteiger partial charge is 0.243 e. The van der Waals surface area contributed by atoms with Crippen LogP contribution in [-0.4, -0.2) is 65.9 Å². The molecule has 1 aliphatic carbocycles. The molecule has 12 heteroatoms. The van der Waals surface area contributed by atoms with E-state index in [1.165, 1.54) is 17.5 Å². The van der Waals surface area contributed by atoms with Gasteiger partial charge in [0.2, 0.25) is 17.7 Å². The summed E-state index contributed by atoms with van der Waals surface area (Å²) in [6, 6.07) is 4.45. The third-order valence-electron chi connectivity index (χ3n) is 7.24. The molecule has 4 unspecified atom stereocenters. The number of aromatic nitrogens is 1. The highest BCUT2D eigenvalue weighted by Crippen LogP contribution is 2.31. The number of hydrogen-bond acceptors (Lipinski definition) is 9. The minimum Gasteiger partial charge on any atom is -0.497 e. The van der Waals surface area contributed by atoms with E-state index in [0.29, 0.717) is 28.8 Å². The van der Waals surface area contributed by atoms with Gasteiger partial charge in [-0.25, -0.2) is 4.98 Å². The zero-order valence-electron chi connectivity index (χ0n) is 23.5. The molecule has 2 aliphatic rings. The number of thiazole rings is 1. The second-order valence-electron chi connectivity index (χ2n) is 10.6. The lowest BCUT2D eigenvalue weighted by Crippen LogP contribution is -2.56. The summed E-state index contributed by atoms with van der Waals surface area (Å²) in [5.74, 6) is -0.923. The molecule has 5 N–H and O–H groups in total. The van der Waals surface area contributed by atoms with Crippen molar-refractivity contribution in [3.8, 4) is 5.75 Å². The molecule has 0 bridgehead atoms. The van der Waals surface area contributed by atoms with Crippen LogP contribution >= 0.6 is 11.3 Å². The molecule has 4 atom stereocenters. The minimum atomic E-state index is -1.00. The first-order valence-electron chi connectivity index (χ1n) is 13.7. The average molecular weight is 584 g/mol. The van der Waals surface area contributed by atoms with E-state index in [4.69, 9.17) is 15.2 Å². The van der Waals surface area contributed by atoms with Gasteiger partial charge in [-0.05, 0) is 57.2 Å². The highest BCUT2D eigenvalue weighted by Gasteiger charge is 2.50. The topological polar surface area (TPSA) is 165 Å². The molecule has 41 heavy (non-hydrogen) atoms. The standard InChI is InChI=1S/C29H37N5O6S/c1-17(32-24(35)14-21-15-31-28(30)41-21)26(37)34-23(13-19-8-10-20(39-3)11-9-19)27(38)33-22(12-18-6-4-5-7-18)25(36)29(2)16-40-29/h6,8-11,15,17,22-23H,4-5,7,12-14,16H2,1-3H3,(H2,30,31)(H,32,35)(H,33,38)(H,34,37). The largest absolute Gasteiger partial charge is 0.497 e. The van der Waals surface area contributed by atoms with E-state index in [2.05, 4.69) is 27.0 Å². The number of amides is 3. The van der Waals surface area contributed by atoms with Gasteiger partial charge in [0.05, 0.1) is 26.2 Å². The Kier molecular flexibility index (Phi) is 9.77. The van der Waals surface area contributed by atoms with Crippen LogP contribution in [0.5, 0.6) is 5.75 Å². The molecular formula is C29H37N5O6S. The Morgan fingerprint density at radius 3 is 2.39 bits per heavy atom. The van der Waals surface area contributed by atoms with E-state index in [0.717, 1.165) is 30.4 Å². The van der Waals surface area contributed by atoms with Gasteiger partial charge in [0, 0.05) is 17.5 Å². The number of Topliss-reactive ketones (excluding diaryl/α,β-unsaturated/α-hetero) is 1. The number of carbonyl (C=O) groups excluding carboxylic acids is 4. The number of nitrogens with zero attached hydrogens (tertiary/aromatic N) is 1. The van der Waals surface area contributed by atoms with Crippen LogP contribution in [-0.2, 0) is 36.8 Å². The summed E-state index contributed by atoms with van der Waals surface area (Å²) in [6.45, 7) is 3.58. The minimum absolute atomic E-state index is 0.0305. The van der Waals surface area contributed by atoms with Gasteiger partial charge in [-0.3, -0.25) is 19.2 Å². The lowest BCUT2D eigenvalue weighted by molar-refractivity contribution is -0.134. The van der Waals surface area contributed by atoms with Crippen molar-refractivity contribution >= 4 is 40.0 Å². The number of epoxide rings is 1. The number of nitrogens with one attached hydrogen (secondary N) is 3. The van der Waals surface area contributed by atoms with Crippen LogP contribution < -0.4 is 26.4 Å². The lowest BCUT2D eigenvalue weighted by Gasteiger charge is -2.25. The number of carbonyl (C=O) groups is 4. The highest BCUT2D eigenvalue weighted by atomic mass is 32.1. The monoisotopic (exact) mass is 583 g/mol. The van der Waals surface area contributed by atoms with Crippen molar-refractivity contribution < 1.29 is 28.7 Å². The maximum Gasteiger partial charge on any atom is 0.243 e. The molecule has 0 saturated carbocycles. The number of anilines is 1. The Morgan fingerprint density at radius 2 is 1.80 bits per heavy atom. The van der Waals surface area contributed by atoms with Gasteiger partial charge in [0.1, 0.15) is 23.4 Å². The second kappa shape index (κ2) is 13.3. The summed E-state index contributed by atoms with van der Waals surface area (Å²) in [5, 5.41) is 8.69. The number of benzene rings is 1. The van der Waals surface area contributed by atoms with Crippen LogP contribution in [0.15, 0.2) is 42.1 Å². The maximum absolute atomic E-state index is 13.7. The number of allylic oxidation sites excluding steroid dienone is 1. The van der Waals surface area contributed by atoms with Gasteiger partial charge in [-0.15, -0.1) is 11.3 Å². The molecule has 4 rings (SSSR count). The quantitative estimate of drug-likeness (QED) is 0.193. The summed E-state index contributed by atoms with van der Waals surface area (Å²) in [7, 11) is 1.56. The molecule has 1 aliphatic heterocycles. The molecule has 220 valence electrons. The first-order valence-corrected chi connectivity index (χ1v) is 14.5. The normalized spacial score (nSPS) is 19.8. The van der Waals surface area contributed by atoms with Crippen LogP contribution in [0.2, 0.25) is 0 Å². The average Bonchev–Trinajstić information content (AvgIpc) is 3.28. The van der Waals surface area contributed by atoms with Gasteiger partial charge in [0.15, 0.2) is 10.9 Å². The Labute approximate surface area is 243 Å². The molecule has 1 aromatic heterocycles. The van der Waals surface area contributed by atoms with Crippen molar-refractivity contribution in [2.75, 3.05) is 19.5 Å². The molecular weight excluding hydrogens is 546 g/mol. The van der Waals surface area contributed by atoms with Crippen LogP contribution in [0, 0.1) is 0 Å². The van der Waals surface area contributed by atoms with Gasteiger partial charge < -0.3 is 31.2 Å². The van der Waals surface area contributed by atoms with Gasteiger partial charge in [-0.1, -0.05) is 23.8 Å². The zero-order chi connectivity index (χ0) is 29.6. The number of methoxy groups -OCH3 is 1. The van der Waals surface area contributed by atoms with Crippen LogP contribution in [0.3, 0.4) is 0 Å². The van der Waals surface area contributed by atoms with E-state index < -0.39 is 35.5 Å². The predicted octanol–water partition coefficient (Wildman–Crippen LogP) is 1.85. The van der Waals surface area contributed by atoms with Crippen LogP contribution in [0.1, 0.15) is 50.0 Å². The summed E-state index contributed by atoms with van der Waals surface area (Å²) in [4.78, 5) is 57.2. The molecule has 3 amide bonds. The first-order chi connectivity index (χ1) is 19.6. The van der Waals surface area contributed by atoms with Crippen molar-refractivity contribution in [3.05, 3.63) is 52.6 Å². The fourth-order valence-electron chi connectivity index (χ4n) is 4.71. The molecule has 1 saturated heterocycles. The second-order valence-corrected chi connectivity index (χ2v) is 11.8. The Balaban J connectivity index is 1.46.